The lowest BCUT2D eigenvalue weighted by atomic mass is 10.1. The first-order valence-corrected chi connectivity index (χ1v) is 10.3. The summed E-state index contributed by atoms with van der Waals surface area (Å²) in [5, 5.41) is 14.3. The Morgan fingerprint density at radius 1 is 1.06 bits per heavy atom. The van der Waals surface area contributed by atoms with Crippen LogP contribution in [0.1, 0.15) is 28.7 Å². The summed E-state index contributed by atoms with van der Waals surface area (Å²) in [4.78, 5) is 25.6. The van der Waals surface area contributed by atoms with Crippen molar-refractivity contribution in [2.24, 2.45) is 12.8 Å². The molecule has 3 rings (SSSR count). The standard InChI is InChI=1S/C21H25N5O4.C2H4O2/c1-26-20(24-13-25-26)8-9-23-21(27)15-5-7-17(19(11-15)29-3)30-16-6-4-14(12-22)10-18(16)28-2;1-2(3)4/h4-7,10-11,13H,8-9,12,22H2,1-3H3,(H,23,27);1H3,(H,3,4). The van der Waals surface area contributed by atoms with Crippen LogP contribution in [0.25, 0.3) is 0 Å². The third-order valence-electron chi connectivity index (χ3n) is 4.55. The predicted octanol–water partition coefficient (Wildman–Crippen LogP) is 2.15. The van der Waals surface area contributed by atoms with Crippen LogP contribution in [0, 0.1) is 0 Å². The van der Waals surface area contributed by atoms with Gasteiger partial charge in [-0.15, -0.1) is 0 Å². The second-order valence-corrected chi connectivity index (χ2v) is 6.98. The number of hydrogen-bond acceptors (Lipinski definition) is 8. The molecular formula is C23H29N5O6. The Bertz CT molecular complexity index is 1110. The molecular weight excluding hydrogens is 442 g/mol. The van der Waals surface area contributed by atoms with Gasteiger partial charge in [0.15, 0.2) is 23.0 Å². The largest absolute Gasteiger partial charge is 0.493 e. The summed E-state index contributed by atoms with van der Waals surface area (Å²) >= 11 is 0. The van der Waals surface area contributed by atoms with E-state index < -0.39 is 5.97 Å². The van der Waals surface area contributed by atoms with Crippen LogP contribution in [0.2, 0.25) is 0 Å². The van der Waals surface area contributed by atoms with Crippen molar-refractivity contribution in [3.8, 4) is 23.0 Å². The average Bonchev–Trinajstić information content (AvgIpc) is 3.23. The van der Waals surface area contributed by atoms with Crippen molar-refractivity contribution in [2.45, 2.75) is 19.9 Å². The minimum atomic E-state index is -0.833. The number of carbonyl (C=O) groups is 2. The van der Waals surface area contributed by atoms with Crippen molar-refractivity contribution in [3.05, 3.63) is 59.7 Å². The smallest absolute Gasteiger partial charge is 0.300 e. The molecule has 11 nitrogen and oxygen atoms in total. The molecule has 0 fully saturated rings. The van der Waals surface area contributed by atoms with Gasteiger partial charge in [0.05, 0.1) is 14.2 Å². The Hall–Kier alpha value is -4.12. The van der Waals surface area contributed by atoms with Crippen LogP contribution in [0.15, 0.2) is 42.7 Å². The highest BCUT2D eigenvalue weighted by atomic mass is 16.5. The maximum absolute atomic E-state index is 12.5. The van der Waals surface area contributed by atoms with Gasteiger partial charge in [0.1, 0.15) is 12.2 Å². The first kappa shape index (κ1) is 26.1. The van der Waals surface area contributed by atoms with Crippen LogP contribution < -0.4 is 25.3 Å². The van der Waals surface area contributed by atoms with E-state index in [0.29, 0.717) is 48.1 Å². The van der Waals surface area contributed by atoms with Gasteiger partial charge >= 0.3 is 0 Å². The van der Waals surface area contributed by atoms with Crippen LogP contribution in [-0.2, 0) is 24.8 Å². The zero-order valence-corrected chi connectivity index (χ0v) is 19.6. The number of carboxylic acid groups (broad SMARTS) is 1. The Balaban J connectivity index is 0.000000945. The molecule has 0 spiro atoms. The van der Waals surface area contributed by atoms with Crippen molar-refractivity contribution in [1.29, 1.82) is 0 Å². The summed E-state index contributed by atoms with van der Waals surface area (Å²) < 4.78 is 18.4. The van der Waals surface area contributed by atoms with E-state index in [4.69, 9.17) is 29.8 Å². The summed E-state index contributed by atoms with van der Waals surface area (Å²) in [5.41, 5.74) is 7.07. The van der Waals surface area contributed by atoms with Crippen molar-refractivity contribution >= 4 is 11.9 Å². The summed E-state index contributed by atoms with van der Waals surface area (Å²) in [7, 11) is 4.90. The fourth-order valence-corrected chi connectivity index (χ4v) is 2.87. The number of aryl methyl sites for hydroxylation is 1. The number of nitrogens with one attached hydrogen (secondary N) is 1. The molecule has 34 heavy (non-hydrogen) atoms. The van der Waals surface area contributed by atoms with Crippen LogP contribution in [-0.4, -0.2) is 52.5 Å². The van der Waals surface area contributed by atoms with Gasteiger partial charge in [-0.1, -0.05) is 6.07 Å². The lowest BCUT2D eigenvalue weighted by Gasteiger charge is -2.15. The highest BCUT2D eigenvalue weighted by molar-refractivity contribution is 5.94. The van der Waals surface area contributed by atoms with E-state index in [1.165, 1.54) is 13.4 Å². The number of carboxylic acids is 1. The van der Waals surface area contributed by atoms with Gasteiger partial charge in [-0.2, -0.15) is 5.10 Å². The number of aromatic nitrogens is 3. The number of nitrogens with two attached hydrogens (primary N) is 1. The number of benzene rings is 2. The maximum atomic E-state index is 12.5. The number of aliphatic carboxylic acids is 1. The fraction of sp³-hybridized carbons (Fsp3) is 0.304. The van der Waals surface area contributed by atoms with E-state index in [1.54, 1.807) is 36.1 Å². The molecule has 0 saturated heterocycles. The SMILES string of the molecule is CC(=O)O.COc1cc(CN)ccc1Oc1ccc(C(=O)NCCc2ncnn2C)cc1OC. The van der Waals surface area contributed by atoms with E-state index in [0.717, 1.165) is 18.3 Å². The predicted molar refractivity (Wildman–Crippen MR) is 124 cm³/mol. The molecule has 0 radical (unpaired) electrons. The van der Waals surface area contributed by atoms with Crippen molar-refractivity contribution in [2.75, 3.05) is 20.8 Å². The van der Waals surface area contributed by atoms with Crippen molar-refractivity contribution in [3.63, 3.8) is 0 Å². The maximum Gasteiger partial charge on any atom is 0.300 e. The van der Waals surface area contributed by atoms with Gasteiger partial charge in [-0.3, -0.25) is 14.3 Å². The molecule has 0 unspecified atom stereocenters. The first-order chi connectivity index (χ1) is 16.3. The van der Waals surface area contributed by atoms with E-state index in [9.17, 15) is 4.79 Å². The van der Waals surface area contributed by atoms with Gasteiger partial charge in [-0.05, 0) is 35.9 Å². The molecule has 1 amide bonds. The molecule has 0 aliphatic heterocycles. The first-order valence-electron chi connectivity index (χ1n) is 10.3. The fourth-order valence-electron chi connectivity index (χ4n) is 2.87. The Labute approximate surface area is 197 Å². The van der Waals surface area contributed by atoms with Crippen LogP contribution >= 0.6 is 0 Å². The number of methoxy groups -OCH3 is 2. The lowest BCUT2D eigenvalue weighted by Crippen LogP contribution is -2.26. The van der Waals surface area contributed by atoms with Gasteiger partial charge in [0, 0.05) is 39.0 Å². The molecule has 1 heterocycles. The monoisotopic (exact) mass is 471 g/mol. The molecule has 3 aromatic rings. The topological polar surface area (TPSA) is 151 Å². The summed E-state index contributed by atoms with van der Waals surface area (Å²) in [6.07, 6.45) is 2.07. The number of carbonyl (C=O) groups excluding carboxylic acids is 1. The van der Waals surface area contributed by atoms with Gasteiger partial charge in [-0.25, -0.2) is 4.98 Å². The molecule has 0 atom stereocenters. The zero-order chi connectivity index (χ0) is 25.1. The van der Waals surface area contributed by atoms with Gasteiger partial charge in [0.2, 0.25) is 0 Å². The molecule has 182 valence electrons. The molecule has 2 aromatic carbocycles. The Morgan fingerprint density at radius 2 is 1.68 bits per heavy atom. The highest BCUT2D eigenvalue weighted by Crippen LogP contribution is 2.37. The molecule has 1 aromatic heterocycles. The van der Waals surface area contributed by atoms with E-state index >= 15 is 0 Å². The van der Waals surface area contributed by atoms with E-state index in [2.05, 4.69) is 15.4 Å². The molecule has 0 aliphatic carbocycles. The molecule has 11 heteroatoms. The number of nitrogens with zero attached hydrogens (tertiary/aromatic N) is 3. The second kappa shape index (κ2) is 12.8. The van der Waals surface area contributed by atoms with E-state index in [1.807, 2.05) is 19.2 Å². The number of hydrogen-bond donors (Lipinski definition) is 3. The summed E-state index contributed by atoms with van der Waals surface area (Å²) in [5.74, 6) is 1.73. The second-order valence-electron chi connectivity index (χ2n) is 6.98. The molecule has 0 aliphatic rings. The van der Waals surface area contributed by atoms with Crippen molar-refractivity contribution in [1.82, 2.24) is 20.1 Å². The molecule has 0 bridgehead atoms. The van der Waals surface area contributed by atoms with Crippen LogP contribution in [0.3, 0.4) is 0 Å². The number of rotatable bonds is 9. The minimum Gasteiger partial charge on any atom is -0.493 e. The summed E-state index contributed by atoms with van der Waals surface area (Å²) in [6, 6.07) is 10.5. The van der Waals surface area contributed by atoms with Gasteiger partial charge in [0.25, 0.3) is 11.9 Å². The summed E-state index contributed by atoms with van der Waals surface area (Å²) in [6.45, 7) is 1.93. The molecule has 0 saturated carbocycles. The third kappa shape index (κ3) is 7.48. The normalized spacial score (nSPS) is 10.0. The van der Waals surface area contributed by atoms with E-state index in [-0.39, 0.29) is 5.91 Å². The third-order valence-corrected chi connectivity index (χ3v) is 4.55. The Kier molecular flexibility index (Phi) is 9.84. The average molecular weight is 472 g/mol. The number of ether oxygens (including phenoxy) is 3. The lowest BCUT2D eigenvalue weighted by molar-refractivity contribution is -0.134. The number of amides is 1. The molecule has 4 N–H and O–H groups in total. The Morgan fingerprint density at radius 3 is 2.24 bits per heavy atom. The van der Waals surface area contributed by atoms with Crippen molar-refractivity contribution < 1.29 is 28.9 Å². The highest BCUT2D eigenvalue weighted by Gasteiger charge is 2.14. The zero-order valence-electron chi connectivity index (χ0n) is 19.6. The van der Waals surface area contributed by atoms with Gasteiger partial charge < -0.3 is 30.4 Å². The van der Waals surface area contributed by atoms with Crippen LogP contribution in [0.5, 0.6) is 23.0 Å². The minimum absolute atomic E-state index is 0.216. The quantitative estimate of drug-likeness (QED) is 0.426. The van der Waals surface area contributed by atoms with Crippen LogP contribution in [0.4, 0.5) is 0 Å².